The number of aliphatic hydroxyl groups is 1. The molecule has 2 rings (SSSR count). The Morgan fingerprint density at radius 2 is 2.12 bits per heavy atom. The molecule has 0 spiro atoms. The Morgan fingerprint density at radius 1 is 1.47 bits per heavy atom. The first-order valence-corrected chi connectivity index (χ1v) is 7.07. The largest absolute Gasteiger partial charge is 0.481 e. The van der Waals surface area contributed by atoms with Crippen molar-refractivity contribution in [3.8, 4) is 0 Å². The van der Waals surface area contributed by atoms with E-state index in [-0.39, 0.29) is 11.7 Å². The van der Waals surface area contributed by atoms with Gasteiger partial charge in [0, 0.05) is 5.92 Å². The number of nitrogens with zero attached hydrogens (tertiary/aromatic N) is 1. The quantitative estimate of drug-likeness (QED) is 0.813. The van der Waals surface area contributed by atoms with Crippen LogP contribution in [0.1, 0.15) is 45.4 Å². The first kappa shape index (κ1) is 12.9. The number of hydrogen-bond acceptors (Lipinski definition) is 4. The second-order valence-electron chi connectivity index (χ2n) is 5.08. The Kier molecular flexibility index (Phi) is 3.78. The van der Waals surface area contributed by atoms with Gasteiger partial charge in [0.15, 0.2) is 5.72 Å². The molecule has 0 radical (unpaired) electrons. The number of rotatable bonds is 3. The van der Waals surface area contributed by atoms with E-state index in [0.717, 1.165) is 17.9 Å². The van der Waals surface area contributed by atoms with Crippen LogP contribution in [0.25, 0.3) is 0 Å². The maximum atomic E-state index is 10.8. The lowest BCUT2D eigenvalue weighted by Crippen LogP contribution is -2.33. The smallest absolute Gasteiger partial charge is 0.304 e. The molecule has 0 aromatic carbocycles. The van der Waals surface area contributed by atoms with Crippen molar-refractivity contribution < 1.29 is 15.0 Å². The van der Waals surface area contributed by atoms with Crippen LogP contribution in [-0.2, 0) is 4.79 Å². The van der Waals surface area contributed by atoms with Crippen LogP contribution >= 0.6 is 11.8 Å². The topological polar surface area (TPSA) is 69.9 Å². The Bertz CT molecular complexity index is 335. The second kappa shape index (κ2) is 4.98. The minimum Gasteiger partial charge on any atom is -0.481 e. The summed E-state index contributed by atoms with van der Waals surface area (Å²) in [5.41, 5.74) is -1.21. The molecule has 17 heavy (non-hydrogen) atoms. The van der Waals surface area contributed by atoms with E-state index in [9.17, 15) is 9.90 Å². The summed E-state index contributed by atoms with van der Waals surface area (Å²) in [5.74, 6) is -0.429. The van der Waals surface area contributed by atoms with Gasteiger partial charge in [0.2, 0.25) is 0 Å². The van der Waals surface area contributed by atoms with Crippen molar-refractivity contribution in [3.63, 3.8) is 0 Å². The third-order valence-electron chi connectivity index (χ3n) is 3.52. The highest BCUT2D eigenvalue weighted by molar-refractivity contribution is 8.14. The van der Waals surface area contributed by atoms with Crippen LogP contribution in [0.15, 0.2) is 4.99 Å². The highest BCUT2D eigenvalue weighted by Crippen LogP contribution is 2.41. The lowest BCUT2D eigenvalue weighted by Gasteiger charge is -2.21. The van der Waals surface area contributed by atoms with E-state index in [4.69, 9.17) is 5.11 Å². The van der Waals surface area contributed by atoms with E-state index in [0.29, 0.717) is 5.92 Å². The number of thioether (sulfide) groups is 1. The molecule has 1 fully saturated rings. The van der Waals surface area contributed by atoms with Crippen LogP contribution in [0.4, 0.5) is 0 Å². The highest BCUT2D eigenvalue weighted by Gasteiger charge is 2.42. The number of aliphatic carboxylic acids is 1. The zero-order valence-corrected chi connectivity index (χ0v) is 10.9. The van der Waals surface area contributed by atoms with Gasteiger partial charge in [-0.3, -0.25) is 4.79 Å². The number of hydrogen-bond donors (Lipinski definition) is 2. The van der Waals surface area contributed by atoms with Gasteiger partial charge in [0.1, 0.15) is 0 Å². The maximum Gasteiger partial charge on any atom is 0.304 e. The minimum absolute atomic E-state index is 0.0304. The van der Waals surface area contributed by atoms with Crippen LogP contribution in [0, 0.1) is 5.92 Å². The van der Waals surface area contributed by atoms with Crippen molar-refractivity contribution >= 4 is 22.8 Å². The first-order valence-electron chi connectivity index (χ1n) is 6.19. The SMILES string of the molecule is CC1(O)N=C(C2CCCCC2)SC1CC(=O)O. The maximum absolute atomic E-state index is 10.8. The molecule has 96 valence electrons. The third-order valence-corrected chi connectivity index (χ3v) is 5.09. The number of aliphatic imine (C=N–C) groups is 1. The molecule has 1 heterocycles. The number of carboxylic acids is 1. The summed E-state index contributed by atoms with van der Waals surface area (Å²) in [7, 11) is 0. The lowest BCUT2D eigenvalue weighted by molar-refractivity contribution is -0.138. The molecule has 2 N–H and O–H groups in total. The van der Waals surface area contributed by atoms with Gasteiger partial charge in [-0.25, -0.2) is 4.99 Å². The fourth-order valence-electron chi connectivity index (χ4n) is 2.51. The summed E-state index contributed by atoms with van der Waals surface area (Å²) in [6.45, 7) is 1.61. The zero-order valence-electron chi connectivity index (χ0n) is 10.1. The second-order valence-corrected chi connectivity index (χ2v) is 6.31. The van der Waals surface area contributed by atoms with E-state index in [1.807, 2.05) is 0 Å². The van der Waals surface area contributed by atoms with Crippen LogP contribution in [0.3, 0.4) is 0 Å². The minimum atomic E-state index is -1.21. The molecule has 0 saturated heterocycles. The average Bonchev–Trinajstić information content (AvgIpc) is 2.55. The molecular formula is C12H19NO3S. The molecule has 2 atom stereocenters. The van der Waals surface area contributed by atoms with Gasteiger partial charge in [0.05, 0.1) is 16.7 Å². The predicted octanol–water partition coefficient (Wildman–Crippen LogP) is 2.26. The molecular weight excluding hydrogens is 238 g/mol. The van der Waals surface area contributed by atoms with Crippen molar-refractivity contribution in [2.45, 2.75) is 56.4 Å². The standard InChI is InChI=1S/C12H19NO3S/c1-12(16)9(7-10(14)15)17-11(13-12)8-5-3-2-4-6-8/h8-9,16H,2-7H2,1H3,(H,14,15). The molecule has 1 saturated carbocycles. The van der Waals surface area contributed by atoms with E-state index >= 15 is 0 Å². The van der Waals surface area contributed by atoms with Crippen molar-refractivity contribution in [2.24, 2.45) is 10.9 Å². The van der Waals surface area contributed by atoms with Crippen molar-refractivity contribution in [2.75, 3.05) is 0 Å². The summed E-state index contributed by atoms with van der Waals surface area (Å²) >= 11 is 1.47. The highest BCUT2D eigenvalue weighted by atomic mass is 32.2. The average molecular weight is 257 g/mol. The van der Waals surface area contributed by atoms with E-state index in [2.05, 4.69) is 4.99 Å². The molecule has 0 bridgehead atoms. The molecule has 1 aliphatic heterocycles. The summed E-state index contributed by atoms with van der Waals surface area (Å²) in [5, 5.41) is 19.6. The Morgan fingerprint density at radius 3 is 2.71 bits per heavy atom. The molecule has 5 heteroatoms. The molecule has 4 nitrogen and oxygen atoms in total. The Hall–Kier alpha value is -0.550. The monoisotopic (exact) mass is 257 g/mol. The van der Waals surface area contributed by atoms with Gasteiger partial charge in [-0.05, 0) is 19.8 Å². The lowest BCUT2D eigenvalue weighted by atomic mass is 9.90. The van der Waals surface area contributed by atoms with Crippen molar-refractivity contribution in [3.05, 3.63) is 0 Å². The zero-order chi connectivity index (χ0) is 12.5. The Labute approximate surface area is 106 Å². The normalized spacial score (nSPS) is 34.7. The molecule has 0 aromatic heterocycles. The predicted molar refractivity (Wildman–Crippen MR) is 68.3 cm³/mol. The van der Waals surface area contributed by atoms with Gasteiger partial charge >= 0.3 is 5.97 Å². The molecule has 0 amide bonds. The summed E-state index contributed by atoms with van der Waals surface area (Å²) in [4.78, 5) is 15.1. The third kappa shape index (κ3) is 3.01. The summed E-state index contributed by atoms with van der Waals surface area (Å²) in [6, 6.07) is 0. The first-order chi connectivity index (χ1) is 7.99. The molecule has 0 aromatic rings. The van der Waals surface area contributed by atoms with Gasteiger partial charge in [0.25, 0.3) is 0 Å². The number of carbonyl (C=O) groups is 1. The van der Waals surface area contributed by atoms with Crippen LogP contribution in [0.2, 0.25) is 0 Å². The van der Waals surface area contributed by atoms with Crippen molar-refractivity contribution in [1.29, 1.82) is 0 Å². The van der Waals surface area contributed by atoms with Gasteiger partial charge in [-0.1, -0.05) is 19.3 Å². The fraction of sp³-hybridized carbons (Fsp3) is 0.833. The van der Waals surface area contributed by atoms with Crippen LogP contribution < -0.4 is 0 Å². The van der Waals surface area contributed by atoms with Gasteiger partial charge in [-0.15, -0.1) is 11.8 Å². The number of carboxylic acid groups (broad SMARTS) is 1. The van der Waals surface area contributed by atoms with Crippen molar-refractivity contribution in [1.82, 2.24) is 0 Å². The molecule has 1 aliphatic carbocycles. The summed E-state index contributed by atoms with van der Waals surface area (Å²) < 4.78 is 0. The Balaban J connectivity index is 2.03. The van der Waals surface area contributed by atoms with E-state index in [1.54, 1.807) is 6.92 Å². The summed E-state index contributed by atoms with van der Waals surface area (Å²) in [6.07, 6.45) is 5.94. The van der Waals surface area contributed by atoms with Gasteiger partial charge < -0.3 is 10.2 Å². The van der Waals surface area contributed by atoms with E-state index in [1.165, 1.54) is 31.0 Å². The fourth-order valence-corrected chi connectivity index (χ4v) is 3.97. The van der Waals surface area contributed by atoms with E-state index < -0.39 is 11.7 Å². The van der Waals surface area contributed by atoms with Gasteiger partial charge in [-0.2, -0.15) is 0 Å². The van der Waals surface area contributed by atoms with Crippen LogP contribution in [-0.4, -0.2) is 32.2 Å². The molecule has 2 aliphatic rings. The van der Waals surface area contributed by atoms with Crippen LogP contribution in [0.5, 0.6) is 0 Å². The molecule has 2 unspecified atom stereocenters.